The highest BCUT2D eigenvalue weighted by atomic mass is 32.2. The van der Waals surface area contributed by atoms with Crippen LogP contribution in [0.5, 0.6) is 5.75 Å². The third-order valence-electron chi connectivity index (χ3n) is 5.11. The molecule has 2 heterocycles. The Morgan fingerprint density at radius 1 is 1.15 bits per heavy atom. The SMILES string of the molecule is COc1ccc(NC(=O)c2nnc(CSCC(=O)NCCc3c[nH]c4ccc(C)cc34)s2)cc1. The van der Waals surface area contributed by atoms with Gasteiger partial charge in [0.25, 0.3) is 5.91 Å². The van der Waals surface area contributed by atoms with Crippen LogP contribution in [-0.2, 0) is 17.0 Å². The summed E-state index contributed by atoms with van der Waals surface area (Å²) in [4.78, 5) is 27.8. The van der Waals surface area contributed by atoms with Crippen LogP contribution < -0.4 is 15.4 Å². The quantitative estimate of drug-likeness (QED) is 0.305. The van der Waals surface area contributed by atoms with Gasteiger partial charge >= 0.3 is 0 Å². The highest BCUT2D eigenvalue weighted by Crippen LogP contribution is 2.21. The Balaban J connectivity index is 1.18. The number of methoxy groups -OCH3 is 1. The number of fused-ring (bicyclic) bond motifs is 1. The van der Waals surface area contributed by atoms with E-state index in [4.69, 9.17) is 4.74 Å². The summed E-state index contributed by atoms with van der Waals surface area (Å²) in [5, 5.41) is 16.0. The second-order valence-corrected chi connectivity index (χ2v) is 9.69. The third kappa shape index (κ3) is 6.15. The highest BCUT2D eigenvalue weighted by molar-refractivity contribution is 7.99. The fourth-order valence-electron chi connectivity index (χ4n) is 3.38. The summed E-state index contributed by atoms with van der Waals surface area (Å²) in [5.41, 5.74) is 4.17. The van der Waals surface area contributed by atoms with E-state index < -0.39 is 0 Å². The minimum Gasteiger partial charge on any atom is -0.497 e. The summed E-state index contributed by atoms with van der Waals surface area (Å²) in [6, 6.07) is 13.4. The number of nitrogens with one attached hydrogen (secondary N) is 3. The zero-order valence-corrected chi connectivity index (χ0v) is 20.5. The molecule has 0 radical (unpaired) electrons. The van der Waals surface area contributed by atoms with Crippen molar-refractivity contribution >= 4 is 51.5 Å². The number of benzene rings is 2. The van der Waals surface area contributed by atoms with Crippen molar-refractivity contribution in [2.24, 2.45) is 0 Å². The molecule has 8 nitrogen and oxygen atoms in total. The van der Waals surface area contributed by atoms with E-state index in [1.807, 2.05) is 6.20 Å². The minimum absolute atomic E-state index is 0.0250. The first-order valence-corrected chi connectivity index (χ1v) is 12.7. The monoisotopic (exact) mass is 495 g/mol. The standard InChI is InChI=1S/C24H25N5O3S2/c1-15-3-8-20-19(11-15)16(12-26-20)9-10-25-21(30)13-33-14-22-28-29-24(34-22)23(31)27-17-4-6-18(32-2)7-5-17/h3-8,11-12,26H,9-10,13-14H2,1-2H3,(H,25,30)(H,27,31). The predicted molar refractivity (Wildman–Crippen MR) is 137 cm³/mol. The Kier molecular flexibility index (Phi) is 7.81. The number of amides is 2. The van der Waals surface area contributed by atoms with Crippen molar-refractivity contribution in [1.29, 1.82) is 0 Å². The zero-order valence-electron chi connectivity index (χ0n) is 18.9. The van der Waals surface area contributed by atoms with E-state index in [-0.39, 0.29) is 16.8 Å². The van der Waals surface area contributed by atoms with Gasteiger partial charge in [0.2, 0.25) is 10.9 Å². The Hall–Kier alpha value is -3.37. The molecule has 4 rings (SSSR count). The molecule has 0 aliphatic rings. The number of aromatic amines is 1. The van der Waals surface area contributed by atoms with Gasteiger partial charge in [-0.3, -0.25) is 9.59 Å². The first-order chi connectivity index (χ1) is 16.5. The van der Waals surface area contributed by atoms with Crippen molar-refractivity contribution in [2.45, 2.75) is 19.1 Å². The average Bonchev–Trinajstić information content (AvgIpc) is 3.47. The Morgan fingerprint density at radius 3 is 2.76 bits per heavy atom. The van der Waals surface area contributed by atoms with Gasteiger partial charge in [-0.25, -0.2) is 0 Å². The van der Waals surface area contributed by atoms with Crippen molar-refractivity contribution in [2.75, 3.05) is 24.7 Å². The van der Waals surface area contributed by atoms with E-state index in [0.717, 1.165) is 11.9 Å². The molecule has 0 spiro atoms. The van der Waals surface area contributed by atoms with Crippen LogP contribution in [0, 0.1) is 6.92 Å². The molecular weight excluding hydrogens is 470 g/mol. The lowest BCUT2D eigenvalue weighted by atomic mass is 10.1. The number of carbonyl (C=O) groups excluding carboxylic acids is 2. The molecule has 176 valence electrons. The first kappa shape index (κ1) is 23.8. The van der Waals surface area contributed by atoms with Crippen LogP contribution in [0.3, 0.4) is 0 Å². The van der Waals surface area contributed by atoms with Gasteiger partial charge in [-0.1, -0.05) is 23.0 Å². The van der Waals surface area contributed by atoms with Gasteiger partial charge in [-0.2, -0.15) is 0 Å². The number of carbonyl (C=O) groups is 2. The number of ether oxygens (including phenoxy) is 1. The van der Waals surface area contributed by atoms with Gasteiger partial charge in [0.15, 0.2) is 0 Å². The number of aryl methyl sites for hydroxylation is 1. The lowest BCUT2D eigenvalue weighted by molar-refractivity contribution is -0.118. The van der Waals surface area contributed by atoms with Crippen LogP contribution in [0.2, 0.25) is 0 Å². The number of H-pyrrole nitrogens is 1. The highest BCUT2D eigenvalue weighted by Gasteiger charge is 2.14. The first-order valence-electron chi connectivity index (χ1n) is 10.7. The maximum Gasteiger partial charge on any atom is 0.286 e. The maximum absolute atomic E-state index is 12.4. The molecule has 0 aliphatic heterocycles. The lowest BCUT2D eigenvalue weighted by Gasteiger charge is -2.05. The summed E-state index contributed by atoms with van der Waals surface area (Å²) in [5.74, 6) is 1.21. The largest absolute Gasteiger partial charge is 0.497 e. The fraction of sp³-hybridized carbons (Fsp3) is 0.250. The minimum atomic E-state index is -0.316. The van der Waals surface area contributed by atoms with Crippen molar-refractivity contribution in [1.82, 2.24) is 20.5 Å². The Labute approximate surface area is 205 Å². The number of nitrogens with zero attached hydrogens (tertiary/aromatic N) is 2. The van der Waals surface area contributed by atoms with E-state index in [1.165, 1.54) is 39.6 Å². The van der Waals surface area contributed by atoms with Gasteiger partial charge in [0.1, 0.15) is 10.8 Å². The topological polar surface area (TPSA) is 109 Å². The molecule has 2 aromatic heterocycles. The molecule has 2 amide bonds. The maximum atomic E-state index is 12.4. The van der Waals surface area contributed by atoms with Crippen LogP contribution in [-0.4, -0.2) is 46.4 Å². The molecule has 0 atom stereocenters. The van der Waals surface area contributed by atoms with Crippen molar-refractivity contribution in [3.8, 4) is 5.75 Å². The number of anilines is 1. The van der Waals surface area contributed by atoms with Gasteiger partial charge in [0.05, 0.1) is 12.9 Å². The smallest absolute Gasteiger partial charge is 0.286 e. The molecule has 10 heteroatoms. The Morgan fingerprint density at radius 2 is 1.97 bits per heavy atom. The molecule has 3 N–H and O–H groups in total. The summed E-state index contributed by atoms with van der Waals surface area (Å²) in [7, 11) is 1.59. The lowest BCUT2D eigenvalue weighted by Crippen LogP contribution is -2.27. The van der Waals surface area contributed by atoms with Crippen LogP contribution in [0.15, 0.2) is 48.7 Å². The van der Waals surface area contributed by atoms with Crippen LogP contribution >= 0.6 is 23.1 Å². The van der Waals surface area contributed by atoms with Crippen LogP contribution in [0.4, 0.5) is 5.69 Å². The van der Waals surface area contributed by atoms with Gasteiger partial charge in [-0.15, -0.1) is 22.0 Å². The van der Waals surface area contributed by atoms with Crippen LogP contribution in [0.1, 0.15) is 25.9 Å². The third-order valence-corrected chi connectivity index (χ3v) is 7.16. The summed E-state index contributed by atoms with van der Waals surface area (Å²) >= 11 is 2.67. The second kappa shape index (κ2) is 11.2. The molecule has 0 unspecified atom stereocenters. The predicted octanol–water partition coefficient (Wildman–Crippen LogP) is 4.18. The van der Waals surface area contributed by atoms with E-state index in [0.29, 0.717) is 34.5 Å². The van der Waals surface area contributed by atoms with E-state index >= 15 is 0 Å². The van der Waals surface area contributed by atoms with Crippen molar-refractivity contribution in [3.63, 3.8) is 0 Å². The number of hydrogen-bond donors (Lipinski definition) is 3. The molecule has 4 aromatic rings. The molecular formula is C24H25N5O3S2. The number of thioether (sulfide) groups is 1. The van der Waals surface area contributed by atoms with Crippen molar-refractivity contribution in [3.05, 3.63) is 69.8 Å². The number of rotatable bonds is 10. The normalized spacial score (nSPS) is 10.9. The van der Waals surface area contributed by atoms with Crippen LogP contribution in [0.25, 0.3) is 10.9 Å². The van der Waals surface area contributed by atoms with Crippen molar-refractivity contribution < 1.29 is 14.3 Å². The molecule has 0 bridgehead atoms. The average molecular weight is 496 g/mol. The molecule has 34 heavy (non-hydrogen) atoms. The molecule has 0 saturated carbocycles. The van der Waals surface area contributed by atoms with E-state index in [2.05, 4.69) is 50.9 Å². The fourth-order valence-corrected chi connectivity index (χ4v) is 5.02. The van der Waals surface area contributed by atoms with Gasteiger partial charge < -0.3 is 20.4 Å². The zero-order chi connectivity index (χ0) is 23.9. The summed E-state index contributed by atoms with van der Waals surface area (Å²) in [6.07, 6.45) is 2.77. The van der Waals surface area contributed by atoms with E-state index in [1.54, 1.807) is 31.4 Å². The Bertz CT molecular complexity index is 1280. The molecule has 0 saturated heterocycles. The number of hydrogen-bond acceptors (Lipinski definition) is 7. The summed E-state index contributed by atoms with van der Waals surface area (Å²) < 4.78 is 5.11. The molecule has 0 fully saturated rings. The summed E-state index contributed by atoms with van der Waals surface area (Å²) in [6.45, 7) is 2.65. The molecule has 2 aromatic carbocycles. The second-order valence-electron chi connectivity index (χ2n) is 7.64. The molecule has 0 aliphatic carbocycles. The van der Waals surface area contributed by atoms with Gasteiger partial charge in [-0.05, 0) is 55.3 Å². The number of aromatic nitrogens is 3. The van der Waals surface area contributed by atoms with E-state index in [9.17, 15) is 9.59 Å². The van der Waals surface area contributed by atoms with Gasteiger partial charge in [0, 0.05) is 35.1 Å².